The van der Waals surface area contributed by atoms with Crippen LogP contribution in [0.4, 0.5) is 0 Å². The molecule has 4 nitrogen and oxygen atoms in total. The molecule has 0 aromatic carbocycles. The molecule has 36 heavy (non-hydrogen) atoms. The van der Waals surface area contributed by atoms with E-state index in [4.69, 9.17) is 14.2 Å². The van der Waals surface area contributed by atoms with Crippen LogP contribution < -0.4 is 0 Å². The molecule has 6 rings (SSSR count). The molecule has 0 N–H and O–H groups in total. The fourth-order valence-corrected chi connectivity index (χ4v) is 10.9. The Labute approximate surface area is 220 Å². The summed E-state index contributed by atoms with van der Waals surface area (Å²) in [4.78, 5) is 12.3. The van der Waals surface area contributed by atoms with E-state index in [1.54, 1.807) is 0 Å². The van der Waals surface area contributed by atoms with Crippen molar-refractivity contribution in [1.82, 2.24) is 0 Å². The van der Waals surface area contributed by atoms with Gasteiger partial charge in [-0.2, -0.15) is 0 Å². The van der Waals surface area contributed by atoms with Gasteiger partial charge in [-0.1, -0.05) is 41.0 Å². The molecule has 0 amide bonds. The van der Waals surface area contributed by atoms with Gasteiger partial charge in [-0.3, -0.25) is 4.79 Å². The second kappa shape index (κ2) is 9.25. The van der Waals surface area contributed by atoms with E-state index in [-0.39, 0.29) is 17.9 Å². The normalized spacial score (nSPS) is 53.9. The molecular formula is C32H52O4. The molecule has 0 bridgehead atoms. The van der Waals surface area contributed by atoms with Crippen molar-refractivity contribution in [3.05, 3.63) is 0 Å². The van der Waals surface area contributed by atoms with Crippen molar-refractivity contribution in [3.63, 3.8) is 0 Å². The van der Waals surface area contributed by atoms with Crippen LogP contribution in [-0.4, -0.2) is 30.6 Å². The molecule has 4 heteroatoms. The highest BCUT2D eigenvalue weighted by atomic mass is 16.7. The molecule has 204 valence electrons. The average Bonchev–Trinajstić information content (AvgIpc) is 3.30. The lowest BCUT2D eigenvalue weighted by Crippen LogP contribution is -2.55. The van der Waals surface area contributed by atoms with Crippen LogP contribution in [0.1, 0.15) is 118 Å². The van der Waals surface area contributed by atoms with Crippen molar-refractivity contribution >= 4 is 5.97 Å². The molecule has 1 spiro atoms. The summed E-state index contributed by atoms with van der Waals surface area (Å²) >= 11 is 0. The fourth-order valence-electron chi connectivity index (χ4n) is 10.9. The minimum absolute atomic E-state index is 0.0355. The van der Waals surface area contributed by atoms with Crippen LogP contribution in [0.25, 0.3) is 0 Å². The standard InChI is InChI=1S/C32H52O4/c1-6-7-8-28(33)35-23-12-14-30(4)22(17-23)9-10-24-25(30)13-15-31(5)26(24)18-27-29(31)21(3)32(36-27)16-11-20(2)19-34-32/h20-27,29H,6-19H2,1-5H3/t20-,21+,22-,23-,24-,25+,26-,27+,29+,30+,31+,32-/m1/s1. The number of esters is 1. The average molecular weight is 501 g/mol. The summed E-state index contributed by atoms with van der Waals surface area (Å²) in [7, 11) is 0. The van der Waals surface area contributed by atoms with Crippen molar-refractivity contribution in [3.8, 4) is 0 Å². The fraction of sp³-hybridized carbons (Fsp3) is 0.969. The van der Waals surface area contributed by atoms with E-state index in [2.05, 4.69) is 34.6 Å². The molecule has 2 aliphatic heterocycles. The summed E-state index contributed by atoms with van der Waals surface area (Å²) in [6, 6.07) is 0. The Morgan fingerprint density at radius 3 is 2.50 bits per heavy atom. The van der Waals surface area contributed by atoms with E-state index in [0.717, 1.165) is 62.4 Å². The summed E-state index contributed by atoms with van der Waals surface area (Å²) < 4.78 is 19.4. The second-order valence-corrected chi connectivity index (χ2v) is 14.7. The number of hydrogen-bond acceptors (Lipinski definition) is 4. The summed E-state index contributed by atoms with van der Waals surface area (Å²) in [6.07, 6.45) is 15.6. The third-order valence-corrected chi connectivity index (χ3v) is 12.9. The van der Waals surface area contributed by atoms with Gasteiger partial charge in [-0.15, -0.1) is 0 Å². The zero-order chi connectivity index (χ0) is 25.3. The van der Waals surface area contributed by atoms with Gasteiger partial charge in [0, 0.05) is 18.8 Å². The monoisotopic (exact) mass is 500 g/mol. The van der Waals surface area contributed by atoms with Crippen LogP contribution in [0.2, 0.25) is 0 Å². The van der Waals surface area contributed by atoms with E-state index in [1.807, 2.05) is 0 Å². The molecule has 6 fully saturated rings. The lowest BCUT2D eigenvalue weighted by atomic mass is 9.44. The van der Waals surface area contributed by atoms with Crippen molar-refractivity contribution < 1.29 is 19.0 Å². The largest absolute Gasteiger partial charge is 0.462 e. The van der Waals surface area contributed by atoms with E-state index in [9.17, 15) is 4.79 Å². The first-order chi connectivity index (χ1) is 17.2. The molecule has 4 saturated carbocycles. The van der Waals surface area contributed by atoms with Gasteiger partial charge in [0.15, 0.2) is 5.79 Å². The molecule has 2 heterocycles. The Balaban J connectivity index is 1.15. The third-order valence-electron chi connectivity index (χ3n) is 12.9. The molecule has 12 atom stereocenters. The van der Waals surface area contributed by atoms with Crippen LogP contribution in [0, 0.1) is 52.3 Å². The Morgan fingerprint density at radius 2 is 1.75 bits per heavy atom. The molecule has 0 radical (unpaired) electrons. The van der Waals surface area contributed by atoms with Crippen LogP contribution in [0.3, 0.4) is 0 Å². The first-order valence-electron chi connectivity index (χ1n) is 15.7. The van der Waals surface area contributed by atoms with Crippen LogP contribution in [0.15, 0.2) is 0 Å². The van der Waals surface area contributed by atoms with E-state index in [0.29, 0.717) is 41.1 Å². The highest BCUT2D eigenvalue weighted by Crippen LogP contribution is 2.71. The molecule has 4 aliphatic carbocycles. The van der Waals surface area contributed by atoms with Crippen molar-refractivity contribution in [2.24, 2.45) is 52.3 Å². The van der Waals surface area contributed by atoms with E-state index in [1.165, 1.54) is 44.9 Å². The van der Waals surface area contributed by atoms with Gasteiger partial charge in [-0.05, 0) is 111 Å². The Hall–Kier alpha value is -0.610. The predicted octanol–water partition coefficient (Wildman–Crippen LogP) is 7.53. The van der Waals surface area contributed by atoms with E-state index < -0.39 is 0 Å². The van der Waals surface area contributed by atoms with Crippen molar-refractivity contribution in [2.75, 3.05) is 6.61 Å². The molecule has 0 aromatic heterocycles. The quantitative estimate of drug-likeness (QED) is 0.374. The Bertz CT molecular complexity index is 832. The van der Waals surface area contributed by atoms with Crippen LogP contribution in [-0.2, 0) is 19.0 Å². The van der Waals surface area contributed by atoms with Gasteiger partial charge in [0.25, 0.3) is 0 Å². The highest BCUT2D eigenvalue weighted by molar-refractivity contribution is 5.69. The first kappa shape index (κ1) is 25.7. The molecule has 0 aromatic rings. The molecular weight excluding hydrogens is 448 g/mol. The molecule has 0 unspecified atom stereocenters. The zero-order valence-electron chi connectivity index (χ0n) is 23.7. The maximum absolute atomic E-state index is 12.3. The highest BCUT2D eigenvalue weighted by Gasteiger charge is 2.69. The lowest BCUT2D eigenvalue weighted by molar-refractivity contribution is -0.273. The maximum Gasteiger partial charge on any atom is 0.306 e. The first-order valence-corrected chi connectivity index (χ1v) is 15.7. The summed E-state index contributed by atoms with van der Waals surface area (Å²) in [5, 5.41) is 0. The van der Waals surface area contributed by atoms with Crippen LogP contribution in [0.5, 0.6) is 0 Å². The van der Waals surface area contributed by atoms with Gasteiger partial charge in [-0.25, -0.2) is 0 Å². The number of hydrogen-bond donors (Lipinski definition) is 0. The Kier molecular flexibility index (Phi) is 6.59. The third kappa shape index (κ3) is 3.85. The lowest BCUT2D eigenvalue weighted by Gasteiger charge is -2.61. The Morgan fingerprint density at radius 1 is 0.944 bits per heavy atom. The summed E-state index contributed by atoms with van der Waals surface area (Å²) in [6.45, 7) is 13.0. The van der Waals surface area contributed by atoms with Gasteiger partial charge >= 0.3 is 5.97 Å². The summed E-state index contributed by atoms with van der Waals surface area (Å²) in [5.41, 5.74) is 0.820. The van der Waals surface area contributed by atoms with Crippen LogP contribution >= 0.6 is 0 Å². The van der Waals surface area contributed by atoms with Gasteiger partial charge in [0.2, 0.25) is 0 Å². The smallest absolute Gasteiger partial charge is 0.306 e. The zero-order valence-corrected chi connectivity index (χ0v) is 23.7. The number of fused-ring (bicyclic) bond motifs is 7. The number of ether oxygens (including phenoxy) is 3. The molecule has 2 saturated heterocycles. The maximum atomic E-state index is 12.3. The number of carbonyl (C=O) groups excluding carboxylic acids is 1. The van der Waals surface area contributed by atoms with Crippen molar-refractivity contribution in [1.29, 1.82) is 0 Å². The predicted molar refractivity (Wildman–Crippen MR) is 141 cm³/mol. The number of unbranched alkanes of at least 4 members (excludes halogenated alkanes) is 1. The summed E-state index contributed by atoms with van der Waals surface area (Å²) in [5.74, 6) is 4.76. The minimum atomic E-state index is -0.302. The number of carbonyl (C=O) groups is 1. The minimum Gasteiger partial charge on any atom is -0.462 e. The van der Waals surface area contributed by atoms with E-state index >= 15 is 0 Å². The van der Waals surface area contributed by atoms with Gasteiger partial charge < -0.3 is 14.2 Å². The topological polar surface area (TPSA) is 44.8 Å². The van der Waals surface area contributed by atoms with Gasteiger partial charge in [0.1, 0.15) is 6.10 Å². The molecule has 6 aliphatic rings. The SMILES string of the molecule is CCCCC(=O)O[C@@H]1CC[C@@]2(C)[C@H](CC[C@H]3[C@H]4C[C@@H]5O[C@]6(CC[C@@H](C)CO6)[C@@H](C)[C@@H]5[C@@]4(C)CC[C@@H]32)C1. The number of rotatable bonds is 4. The van der Waals surface area contributed by atoms with Gasteiger partial charge in [0.05, 0.1) is 12.7 Å². The van der Waals surface area contributed by atoms with Crippen molar-refractivity contribution in [2.45, 2.75) is 136 Å². The second-order valence-electron chi connectivity index (χ2n) is 14.7.